The number of carbonyl (C=O) groups is 1. The Labute approximate surface area is 185 Å². The number of ether oxygens (including phenoxy) is 1. The lowest BCUT2D eigenvalue weighted by Crippen LogP contribution is -2.17. The number of aromatic hydroxyl groups is 1. The standard InChI is InChI=1S/C25H24N4O3/c1-16(2)15-32-23-10-6-3-7-18(23)14-26-29-25(31)17-11-12-20-21(13-17)28-24(27-20)19-8-4-5-9-22(19)30/h3-14,16,30H,15H2,1-2H3,(H,27,28)(H,29,31)/b26-14+. The fourth-order valence-electron chi connectivity index (χ4n) is 3.15. The van der Waals surface area contributed by atoms with E-state index in [4.69, 9.17) is 4.74 Å². The van der Waals surface area contributed by atoms with Crippen LogP contribution in [0.1, 0.15) is 29.8 Å². The Hall–Kier alpha value is -4.13. The van der Waals surface area contributed by atoms with E-state index in [9.17, 15) is 9.90 Å². The number of fused-ring (bicyclic) bond motifs is 1. The third kappa shape index (κ3) is 4.78. The van der Waals surface area contributed by atoms with Gasteiger partial charge in [0, 0.05) is 11.1 Å². The highest BCUT2D eigenvalue weighted by atomic mass is 16.5. The van der Waals surface area contributed by atoms with Gasteiger partial charge in [0.05, 0.1) is 29.4 Å². The van der Waals surface area contributed by atoms with Gasteiger partial charge in [-0.25, -0.2) is 10.4 Å². The Balaban J connectivity index is 1.48. The quantitative estimate of drug-likeness (QED) is 0.293. The van der Waals surface area contributed by atoms with Crippen molar-refractivity contribution in [3.63, 3.8) is 0 Å². The number of nitrogens with zero attached hydrogens (tertiary/aromatic N) is 2. The number of phenolic OH excluding ortho intramolecular Hbond substituents is 1. The Bertz CT molecular complexity index is 1280. The van der Waals surface area contributed by atoms with Gasteiger partial charge in [0.1, 0.15) is 17.3 Å². The lowest BCUT2D eigenvalue weighted by atomic mass is 10.2. The van der Waals surface area contributed by atoms with Crippen molar-refractivity contribution in [2.45, 2.75) is 13.8 Å². The molecule has 32 heavy (non-hydrogen) atoms. The lowest BCUT2D eigenvalue weighted by molar-refractivity contribution is 0.0955. The molecular weight excluding hydrogens is 404 g/mol. The van der Waals surface area contributed by atoms with Crippen molar-refractivity contribution in [3.8, 4) is 22.9 Å². The molecule has 1 heterocycles. The second-order valence-corrected chi connectivity index (χ2v) is 7.78. The highest BCUT2D eigenvalue weighted by molar-refractivity contribution is 5.98. The first kappa shape index (κ1) is 21.1. The van der Waals surface area contributed by atoms with E-state index in [0.717, 1.165) is 11.3 Å². The van der Waals surface area contributed by atoms with Crippen LogP contribution < -0.4 is 10.2 Å². The zero-order valence-electron chi connectivity index (χ0n) is 17.9. The van der Waals surface area contributed by atoms with Gasteiger partial charge < -0.3 is 14.8 Å². The number of hydrogen-bond acceptors (Lipinski definition) is 5. The molecule has 1 aromatic heterocycles. The largest absolute Gasteiger partial charge is 0.507 e. The van der Waals surface area contributed by atoms with Crippen molar-refractivity contribution in [2.75, 3.05) is 6.61 Å². The summed E-state index contributed by atoms with van der Waals surface area (Å²) < 4.78 is 5.80. The van der Waals surface area contributed by atoms with E-state index < -0.39 is 0 Å². The molecule has 0 saturated carbocycles. The van der Waals surface area contributed by atoms with Crippen molar-refractivity contribution in [3.05, 3.63) is 77.9 Å². The molecule has 0 atom stereocenters. The number of phenols is 1. The van der Waals surface area contributed by atoms with Gasteiger partial charge in [-0.3, -0.25) is 4.79 Å². The van der Waals surface area contributed by atoms with Crippen LogP contribution in [0.2, 0.25) is 0 Å². The number of para-hydroxylation sites is 2. The van der Waals surface area contributed by atoms with Gasteiger partial charge >= 0.3 is 0 Å². The average Bonchev–Trinajstić information content (AvgIpc) is 3.21. The number of rotatable bonds is 7. The lowest BCUT2D eigenvalue weighted by Gasteiger charge is -2.10. The summed E-state index contributed by atoms with van der Waals surface area (Å²) in [6.07, 6.45) is 1.57. The molecule has 0 aliphatic rings. The first-order valence-electron chi connectivity index (χ1n) is 10.3. The molecule has 4 aromatic rings. The number of H-pyrrole nitrogens is 1. The van der Waals surface area contributed by atoms with Crippen molar-refractivity contribution >= 4 is 23.2 Å². The zero-order chi connectivity index (χ0) is 22.5. The number of aromatic amines is 1. The minimum Gasteiger partial charge on any atom is -0.507 e. The van der Waals surface area contributed by atoms with Gasteiger partial charge in [-0.2, -0.15) is 5.10 Å². The summed E-state index contributed by atoms with van der Waals surface area (Å²) in [5.41, 5.74) is 5.75. The number of imidazole rings is 1. The Kier molecular flexibility index (Phi) is 6.17. The number of benzene rings is 3. The van der Waals surface area contributed by atoms with E-state index in [1.165, 1.54) is 0 Å². The molecule has 4 rings (SSSR count). The Morgan fingerprint density at radius 3 is 2.75 bits per heavy atom. The summed E-state index contributed by atoms with van der Waals surface area (Å²) in [5.74, 6) is 1.45. The topological polar surface area (TPSA) is 99.6 Å². The third-order valence-electron chi connectivity index (χ3n) is 4.76. The summed E-state index contributed by atoms with van der Waals surface area (Å²) in [6, 6.07) is 19.6. The van der Waals surface area contributed by atoms with E-state index in [-0.39, 0.29) is 11.7 Å². The van der Waals surface area contributed by atoms with E-state index >= 15 is 0 Å². The van der Waals surface area contributed by atoms with Crippen LogP contribution in [0, 0.1) is 5.92 Å². The van der Waals surface area contributed by atoms with Gasteiger partial charge in [0.25, 0.3) is 5.91 Å². The molecule has 1 amide bonds. The first-order valence-corrected chi connectivity index (χ1v) is 10.3. The summed E-state index contributed by atoms with van der Waals surface area (Å²) in [6.45, 7) is 4.77. The van der Waals surface area contributed by atoms with Gasteiger partial charge in [0.15, 0.2) is 0 Å². The van der Waals surface area contributed by atoms with Gasteiger partial charge in [-0.1, -0.05) is 38.1 Å². The van der Waals surface area contributed by atoms with Crippen molar-refractivity contribution in [1.82, 2.24) is 15.4 Å². The highest BCUT2D eigenvalue weighted by Crippen LogP contribution is 2.28. The maximum absolute atomic E-state index is 12.6. The van der Waals surface area contributed by atoms with Crippen LogP contribution in [0.15, 0.2) is 71.8 Å². The fourth-order valence-corrected chi connectivity index (χ4v) is 3.15. The molecule has 0 spiro atoms. The smallest absolute Gasteiger partial charge is 0.271 e. The van der Waals surface area contributed by atoms with E-state index in [2.05, 4.69) is 34.3 Å². The molecule has 3 aromatic carbocycles. The molecule has 0 aliphatic carbocycles. The van der Waals surface area contributed by atoms with Crippen LogP contribution >= 0.6 is 0 Å². The Morgan fingerprint density at radius 2 is 1.94 bits per heavy atom. The normalized spacial score (nSPS) is 11.3. The van der Waals surface area contributed by atoms with Crippen LogP contribution in [0.25, 0.3) is 22.4 Å². The van der Waals surface area contributed by atoms with Gasteiger partial charge in [-0.15, -0.1) is 0 Å². The summed E-state index contributed by atoms with van der Waals surface area (Å²) in [5, 5.41) is 14.1. The second kappa shape index (κ2) is 9.34. The van der Waals surface area contributed by atoms with E-state index in [1.54, 1.807) is 42.6 Å². The maximum Gasteiger partial charge on any atom is 0.271 e. The molecule has 3 N–H and O–H groups in total. The SMILES string of the molecule is CC(C)COc1ccccc1/C=N/NC(=O)c1ccc2nc(-c3ccccc3O)[nH]c2c1. The monoisotopic (exact) mass is 428 g/mol. The first-order chi connectivity index (χ1) is 15.5. The number of carbonyl (C=O) groups excluding carboxylic acids is 1. The van der Waals surface area contributed by atoms with Gasteiger partial charge in [-0.05, 0) is 48.4 Å². The number of hydrogen-bond donors (Lipinski definition) is 3. The van der Waals surface area contributed by atoms with Crippen LogP contribution in [0.4, 0.5) is 0 Å². The number of hydrazone groups is 1. The second-order valence-electron chi connectivity index (χ2n) is 7.78. The van der Waals surface area contributed by atoms with Crippen molar-refractivity contribution in [2.24, 2.45) is 11.0 Å². The van der Waals surface area contributed by atoms with Crippen molar-refractivity contribution < 1.29 is 14.6 Å². The minimum atomic E-state index is -0.345. The molecule has 162 valence electrons. The molecule has 0 fully saturated rings. The minimum absolute atomic E-state index is 0.136. The number of aromatic nitrogens is 2. The van der Waals surface area contributed by atoms with Crippen LogP contribution in [-0.2, 0) is 0 Å². The molecule has 0 saturated heterocycles. The molecule has 7 nitrogen and oxygen atoms in total. The third-order valence-corrected chi connectivity index (χ3v) is 4.76. The van der Waals surface area contributed by atoms with E-state index in [1.807, 2.05) is 30.3 Å². The number of nitrogens with one attached hydrogen (secondary N) is 2. The highest BCUT2D eigenvalue weighted by Gasteiger charge is 2.12. The predicted octanol–water partition coefficient (Wildman–Crippen LogP) is 4.73. The maximum atomic E-state index is 12.6. The molecule has 0 radical (unpaired) electrons. The molecule has 0 unspecified atom stereocenters. The molecule has 7 heteroatoms. The fraction of sp³-hybridized carbons (Fsp3) is 0.160. The molecule has 0 aliphatic heterocycles. The van der Waals surface area contributed by atoms with Crippen LogP contribution in [0.3, 0.4) is 0 Å². The van der Waals surface area contributed by atoms with Crippen molar-refractivity contribution in [1.29, 1.82) is 0 Å². The van der Waals surface area contributed by atoms with Crippen LogP contribution in [0.5, 0.6) is 11.5 Å². The van der Waals surface area contributed by atoms with E-state index in [0.29, 0.717) is 40.5 Å². The predicted molar refractivity (Wildman–Crippen MR) is 125 cm³/mol. The summed E-state index contributed by atoms with van der Waals surface area (Å²) in [7, 11) is 0. The summed E-state index contributed by atoms with van der Waals surface area (Å²) in [4.78, 5) is 20.2. The average molecular weight is 428 g/mol. The zero-order valence-corrected chi connectivity index (χ0v) is 17.9. The Morgan fingerprint density at radius 1 is 1.16 bits per heavy atom. The van der Waals surface area contributed by atoms with Crippen LogP contribution in [-0.4, -0.2) is 33.8 Å². The molecular formula is C25H24N4O3. The van der Waals surface area contributed by atoms with Gasteiger partial charge in [0.2, 0.25) is 0 Å². The number of amides is 1. The summed E-state index contributed by atoms with van der Waals surface area (Å²) >= 11 is 0. The molecule has 0 bridgehead atoms.